The first kappa shape index (κ1) is 15.4. The maximum absolute atomic E-state index is 12.7. The van der Waals surface area contributed by atoms with Gasteiger partial charge in [-0.05, 0) is 50.7 Å². The van der Waals surface area contributed by atoms with Crippen LogP contribution >= 0.6 is 11.6 Å². The van der Waals surface area contributed by atoms with Gasteiger partial charge in [0.1, 0.15) is 0 Å². The molecule has 0 bridgehead atoms. The van der Waals surface area contributed by atoms with Gasteiger partial charge in [0.2, 0.25) is 5.91 Å². The van der Waals surface area contributed by atoms with Gasteiger partial charge in [0.05, 0.1) is 5.69 Å². The topological polar surface area (TPSA) is 20.3 Å². The fourth-order valence-corrected chi connectivity index (χ4v) is 3.56. The van der Waals surface area contributed by atoms with Crippen LogP contribution < -0.4 is 4.90 Å². The Kier molecular flexibility index (Phi) is 4.43. The van der Waals surface area contributed by atoms with Crippen molar-refractivity contribution >= 4 is 23.2 Å². The van der Waals surface area contributed by atoms with Gasteiger partial charge in [0, 0.05) is 17.8 Å². The molecular formula is C17H24ClNO. The Morgan fingerprint density at radius 2 is 2.15 bits per heavy atom. The van der Waals surface area contributed by atoms with Crippen LogP contribution in [0.4, 0.5) is 5.69 Å². The van der Waals surface area contributed by atoms with Crippen molar-refractivity contribution in [2.24, 2.45) is 0 Å². The summed E-state index contributed by atoms with van der Waals surface area (Å²) in [5, 5.41) is 0. The highest BCUT2D eigenvalue weighted by molar-refractivity contribution is 6.18. The summed E-state index contributed by atoms with van der Waals surface area (Å²) in [5.74, 6) is 1.21. The van der Waals surface area contributed by atoms with Gasteiger partial charge < -0.3 is 4.90 Å². The minimum absolute atomic E-state index is 0.137. The molecule has 1 heterocycles. The van der Waals surface area contributed by atoms with Crippen molar-refractivity contribution in [3.63, 3.8) is 0 Å². The average Bonchev–Trinajstić information content (AvgIpc) is 2.36. The highest BCUT2D eigenvalue weighted by atomic mass is 35.5. The molecule has 0 aromatic heterocycles. The van der Waals surface area contributed by atoms with Crippen molar-refractivity contribution in [1.82, 2.24) is 0 Å². The summed E-state index contributed by atoms with van der Waals surface area (Å²) in [6.07, 6.45) is 2.26. The number of carbonyl (C=O) groups is 1. The molecule has 110 valence electrons. The molecule has 20 heavy (non-hydrogen) atoms. The van der Waals surface area contributed by atoms with Crippen LogP contribution in [-0.4, -0.2) is 17.3 Å². The third-order valence-electron chi connectivity index (χ3n) is 4.21. The van der Waals surface area contributed by atoms with E-state index in [-0.39, 0.29) is 11.4 Å². The Morgan fingerprint density at radius 1 is 1.45 bits per heavy atom. The second kappa shape index (κ2) is 5.77. The number of benzene rings is 1. The third kappa shape index (κ3) is 2.71. The van der Waals surface area contributed by atoms with Gasteiger partial charge in [-0.3, -0.25) is 4.79 Å². The number of aryl methyl sites for hydroxylation is 1. The minimum atomic E-state index is -0.137. The number of fused-ring (bicyclic) bond motifs is 1. The Balaban J connectivity index is 2.48. The number of anilines is 1. The predicted molar refractivity (Wildman–Crippen MR) is 85.7 cm³/mol. The molecule has 1 amide bonds. The van der Waals surface area contributed by atoms with E-state index < -0.39 is 0 Å². The SMILES string of the molecule is Cc1cccc2c1N(C(=O)CCCCl)C(C)(C)C[C@H]2C. The molecule has 1 aromatic carbocycles. The number of hydrogen-bond acceptors (Lipinski definition) is 1. The number of alkyl halides is 1. The summed E-state index contributed by atoms with van der Waals surface area (Å²) < 4.78 is 0. The van der Waals surface area contributed by atoms with E-state index in [1.165, 1.54) is 11.1 Å². The van der Waals surface area contributed by atoms with Crippen molar-refractivity contribution < 1.29 is 4.79 Å². The molecular weight excluding hydrogens is 270 g/mol. The van der Waals surface area contributed by atoms with E-state index in [1.54, 1.807) is 0 Å². The first-order valence-corrected chi connectivity index (χ1v) is 7.90. The molecule has 1 aromatic rings. The lowest BCUT2D eigenvalue weighted by Gasteiger charge is -2.46. The molecule has 0 unspecified atom stereocenters. The number of para-hydroxylation sites is 1. The standard InChI is InChI=1S/C17H24ClNO/c1-12-7-5-8-14-13(2)11-17(3,4)19(16(12)14)15(20)9-6-10-18/h5,7-8,13H,6,9-11H2,1-4H3/t13-/m1/s1. The van der Waals surface area contributed by atoms with Crippen LogP contribution in [0, 0.1) is 6.92 Å². The zero-order valence-corrected chi connectivity index (χ0v) is 13.6. The quantitative estimate of drug-likeness (QED) is 0.744. The summed E-state index contributed by atoms with van der Waals surface area (Å²) in [5.41, 5.74) is 3.46. The molecule has 0 saturated carbocycles. The van der Waals surface area contributed by atoms with E-state index in [4.69, 9.17) is 11.6 Å². The zero-order chi connectivity index (χ0) is 14.9. The van der Waals surface area contributed by atoms with Gasteiger partial charge in [-0.25, -0.2) is 0 Å². The number of hydrogen-bond donors (Lipinski definition) is 0. The van der Waals surface area contributed by atoms with Crippen LogP contribution in [0.3, 0.4) is 0 Å². The second-order valence-electron chi connectivity index (χ2n) is 6.45. The number of rotatable bonds is 3. The zero-order valence-electron chi connectivity index (χ0n) is 12.9. The smallest absolute Gasteiger partial charge is 0.227 e. The number of amides is 1. The minimum Gasteiger partial charge on any atom is -0.306 e. The van der Waals surface area contributed by atoms with Gasteiger partial charge >= 0.3 is 0 Å². The summed E-state index contributed by atoms with van der Waals surface area (Å²) >= 11 is 5.74. The first-order valence-electron chi connectivity index (χ1n) is 7.37. The van der Waals surface area contributed by atoms with Crippen molar-refractivity contribution in [2.75, 3.05) is 10.8 Å². The van der Waals surface area contributed by atoms with Gasteiger partial charge in [-0.15, -0.1) is 11.6 Å². The maximum atomic E-state index is 12.7. The Labute approximate surface area is 127 Å². The van der Waals surface area contributed by atoms with E-state index in [0.29, 0.717) is 18.2 Å². The van der Waals surface area contributed by atoms with Gasteiger partial charge in [0.25, 0.3) is 0 Å². The monoisotopic (exact) mass is 293 g/mol. The molecule has 0 aliphatic carbocycles. The molecule has 0 fully saturated rings. The van der Waals surface area contributed by atoms with Gasteiger partial charge in [0.15, 0.2) is 0 Å². The first-order chi connectivity index (χ1) is 9.38. The molecule has 1 aliphatic rings. The molecule has 3 heteroatoms. The Bertz CT molecular complexity index is 510. The summed E-state index contributed by atoms with van der Waals surface area (Å²) in [4.78, 5) is 14.7. The lowest BCUT2D eigenvalue weighted by Crippen LogP contribution is -2.52. The maximum Gasteiger partial charge on any atom is 0.227 e. The van der Waals surface area contributed by atoms with Crippen molar-refractivity contribution in [3.05, 3.63) is 29.3 Å². The highest BCUT2D eigenvalue weighted by Gasteiger charge is 2.40. The van der Waals surface area contributed by atoms with Crippen LogP contribution in [0.2, 0.25) is 0 Å². The molecule has 1 aliphatic heterocycles. The lowest BCUT2D eigenvalue weighted by molar-refractivity contribution is -0.119. The predicted octanol–water partition coefficient (Wildman–Crippen LogP) is 4.63. The number of nitrogens with zero attached hydrogens (tertiary/aromatic N) is 1. The Hall–Kier alpha value is -1.02. The van der Waals surface area contributed by atoms with E-state index in [2.05, 4.69) is 45.9 Å². The highest BCUT2D eigenvalue weighted by Crippen LogP contribution is 2.45. The molecule has 2 nitrogen and oxygen atoms in total. The van der Waals surface area contributed by atoms with Crippen LogP contribution in [0.15, 0.2) is 18.2 Å². The van der Waals surface area contributed by atoms with Crippen LogP contribution in [-0.2, 0) is 4.79 Å². The van der Waals surface area contributed by atoms with Gasteiger partial charge in [-0.2, -0.15) is 0 Å². The number of halogens is 1. The van der Waals surface area contributed by atoms with Crippen LogP contribution in [0.25, 0.3) is 0 Å². The fraction of sp³-hybridized carbons (Fsp3) is 0.588. The number of carbonyl (C=O) groups excluding carboxylic acids is 1. The largest absolute Gasteiger partial charge is 0.306 e. The molecule has 0 N–H and O–H groups in total. The van der Waals surface area contributed by atoms with E-state index in [9.17, 15) is 4.79 Å². The summed E-state index contributed by atoms with van der Waals surface area (Å²) in [7, 11) is 0. The average molecular weight is 294 g/mol. The van der Waals surface area contributed by atoms with Crippen molar-refractivity contribution in [3.8, 4) is 0 Å². The van der Waals surface area contributed by atoms with E-state index in [1.807, 2.05) is 4.90 Å². The summed E-state index contributed by atoms with van der Waals surface area (Å²) in [6.45, 7) is 8.67. The lowest BCUT2D eigenvalue weighted by atomic mass is 9.79. The summed E-state index contributed by atoms with van der Waals surface area (Å²) in [6, 6.07) is 6.34. The van der Waals surface area contributed by atoms with E-state index in [0.717, 1.165) is 18.5 Å². The van der Waals surface area contributed by atoms with Crippen molar-refractivity contribution in [2.45, 2.75) is 58.4 Å². The van der Waals surface area contributed by atoms with Crippen LogP contribution in [0.1, 0.15) is 57.1 Å². The van der Waals surface area contributed by atoms with Crippen LogP contribution in [0.5, 0.6) is 0 Å². The molecule has 0 saturated heterocycles. The van der Waals surface area contributed by atoms with Crippen molar-refractivity contribution in [1.29, 1.82) is 0 Å². The molecule has 1 atom stereocenters. The normalized spacial score (nSPS) is 20.6. The molecule has 0 spiro atoms. The fourth-order valence-electron chi connectivity index (χ4n) is 3.43. The van der Waals surface area contributed by atoms with E-state index >= 15 is 0 Å². The van der Waals surface area contributed by atoms with Gasteiger partial charge in [-0.1, -0.05) is 25.1 Å². The molecule has 2 rings (SSSR count). The molecule has 0 radical (unpaired) electrons. The Morgan fingerprint density at radius 3 is 2.80 bits per heavy atom. The second-order valence-corrected chi connectivity index (χ2v) is 6.83. The third-order valence-corrected chi connectivity index (χ3v) is 4.48.